The van der Waals surface area contributed by atoms with Gasteiger partial charge in [-0.25, -0.2) is 13.6 Å². The van der Waals surface area contributed by atoms with E-state index in [0.29, 0.717) is 13.1 Å². The molecule has 1 heterocycles. The van der Waals surface area contributed by atoms with Crippen LogP contribution >= 0.6 is 0 Å². The third-order valence-corrected chi connectivity index (χ3v) is 8.32. The maximum Gasteiger partial charge on any atom is 0.412 e. The molecule has 1 amide bonds. The van der Waals surface area contributed by atoms with Gasteiger partial charge in [-0.05, 0) is 17.7 Å². The Balaban J connectivity index is 1.87. The summed E-state index contributed by atoms with van der Waals surface area (Å²) < 4.78 is 29.5. The summed E-state index contributed by atoms with van der Waals surface area (Å²) in [5, 5.41) is 9.52. The summed E-state index contributed by atoms with van der Waals surface area (Å²) in [6, 6.07) is 13.2. The molecule has 1 N–H and O–H groups in total. The van der Waals surface area contributed by atoms with E-state index in [9.17, 15) is 18.7 Å². The van der Waals surface area contributed by atoms with Crippen molar-refractivity contribution in [3.05, 3.63) is 59.7 Å². The second kappa shape index (κ2) is 7.68. The van der Waals surface area contributed by atoms with Crippen molar-refractivity contribution in [2.24, 2.45) is 0 Å². The maximum absolute atomic E-state index is 14.8. The maximum atomic E-state index is 14.8. The van der Waals surface area contributed by atoms with Crippen molar-refractivity contribution >= 4 is 25.5 Å². The van der Waals surface area contributed by atoms with Crippen molar-refractivity contribution in [3.8, 4) is 0 Å². The number of halogens is 2. The standard InChI is InChI=1S/C20H24F2N2O2Si/c1-27(2)10-8-23(9-11-27)19-17(21)12-16(13-18(19)22)24(20(25)26)14-15-6-4-3-5-7-15/h3-7,12-13H,8-11,14H2,1-2H3,(H,25,26). The zero-order valence-corrected chi connectivity index (χ0v) is 16.6. The van der Waals surface area contributed by atoms with Crippen LogP contribution in [0.1, 0.15) is 5.56 Å². The van der Waals surface area contributed by atoms with Crippen LogP contribution in [0.15, 0.2) is 42.5 Å². The van der Waals surface area contributed by atoms with Crippen LogP contribution in [0.2, 0.25) is 25.2 Å². The Kier molecular flexibility index (Phi) is 5.50. The summed E-state index contributed by atoms with van der Waals surface area (Å²) in [5.74, 6) is -1.43. The number of nitrogens with zero attached hydrogens (tertiary/aromatic N) is 2. The van der Waals surface area contributed by atoms with E-state index in [1.54, 1.807) is 29.2 Å². The molecule has 144 valence electrons. The highest BCUT2D eigenvalue weighted by Crippen LogP contribution is 2.33. The SMILES string of the molecule is C[Si]1(C)CCN(c2c(F)cc(N(Cc3ccccc3)C(=O)O)cc2F)CC1. The van der Waals surface area contributed by atoms with Crippen LogP contribution < -0.4 is 9.80 Å². The molecular formula is C20H24F2N2O2Si. The highest BCUT2D eigenvalue weighted by molar-refractivity contribution is 6.77. The summed E-state index contributed by atoms with van der Waals surface area (Å²) in [5.41, 5.74) is 0.693. The molecule has 1 aliphatic heterocycles. The van der Waals surface area contributed by atoms with E-state index in [0.717, 1.165) is 34.7 Å². The Morgan fingerprint density at radius 3 is 2.19 bits per heavy atom. The van der Waals surface area contributed by atoms with Crippen molar-refractivity contribution < 1.29 is 18.7 Å². The van der Waals surface area contributed by atoms with Crippen LogP contribution in [-0.2, 0) is 6.54 Å². The Morgan fingerprint density at radius 1 is 1.11 bits per heavy atom. The predicted octanol–water partition coefficient (Wildman–Crippen LogP) is 5.18. The minimum atomic E-state index is -1.26. The van der Waals surface area contributed by atoms with Crippen LogP contribution in [0.3, 0.4) is 0 Å². The molecule has 0 spiro atoms. The molecule has 3 rings (SSSR count). The first-order chi connectivity index (χ1) is 12.8. The third-order valence-electron chi connectivity index (χ3n) is 5.16. The number of benzene rings is 2. The van der Waals surface area contributed by atoms with Gasteiger partial charge < -0.3 is 10.0 Å². The molecule has 2 aromatic rings. The fourth-order valence-corrected chi connectivity index (χ4v) is 5.38. The molecule has 0 radical (unpaired) electrons. The minimum absolute atomic E-state index is 0.00295. The number of anilines is 2. The number of carboxylic acid groups (broad SMARTS) is 1. The number of amides is 1. The molecular weight excluding hydrogens is 366 g/mol. The summed E-state index contributed by atoms with van der Waals surface area (Å²) >= 11 is 0. The Morgan fingerprint density at radius 2 is 1.67 bits per heavy atom. The Labute approximate surface area is 159 Å². The topological polar surface area (TPSA) is 43.8 Å². The largest absolute Gasteiger partial charge is 0.465 e. The molecule has 0 saturated carbocycles. The normalized spacial score (nSPS) is 16.2. The molecule has 0 aliphatic carbocycles. The molecule has 2 aromatic carbocycles. The summed E-state index contributed by atoms with van der Waals surface area (Å²) in [6.07, 6.45) is -1.25. The van der Waals surface area contributed by atoms with Crippen LogP contribution in [0, 0.1) is 11.6 Å². The van der Waals surface area contributed by atoms with Gasteiger partial charge in [0.1, 0.15) is 5.69 Å². The fraction of sp³-hybridized carbons (Fsp3) is 0.350. The summed E-state index contributed by atoms with van der Waals surface area (Å²) in [6.45, 7) is 5.87. The van der Waals surface area contributed by atoms with E-state index < -0.39 is 25.8 Å². The predicted molar refractivity (Wildman–Crippen MR) is 106 cm³/mol. The number of rotatable bonds is 4. The Hall–Kier alpha value is -2.41. The molecule has 4 nitrogen and oxygen atoms in total. The van der Waals surface area contributed by atoms with Gasteiger partial charge in [-0.1, -0.05) is 43.4 Å². The average molecular weight is 391 g/mol. The molecule has 0 bridgehead atoms. The van der Waals surface area contributed by atoms with E-state index in [1.807, 2.05) is 6.07 Å². The minimum Gasteiger partial charge on any atom is -0.465 e. The van der Waals surface area contributed by atoms with Crippen molar-refractivity contribution in [2.75, 3.05) is 22.9 Å². The highest BCUT2D eigenvalue weighted by Gasteiger charge is 2.30. The summed E-state index contributed by atoms with van der Waals surface area (Å²) in [7, 11) is -1.26. The van der Waals surface area contributed by atoms with Gasteiger partial charge in [-0.3, -0.25) is 4.90 Å². The molecule has 7 heteroatoms. The lowest BCUT2D eigenvalue weighted by Crippen LogP contribution is -2.43. The number of hydrogen-bond acceptors (Lipinski definition) is 2. The monoisotopic (exact) mass is 390 g/mol. The molecule has 0 aromatic heterocycles. The van der Waals surface area contributed by atoms with Crippen molar-refractivity contribution in [3.63, 3.8) is 0 Å². The van der Waals surface area contributed by atoms with Crippen LogP contribution in [0.25, 0.3) is 0 Å². The Bertz CT molecular complexity index is 797. The van der Waals surface area contributed by atoms with Gasteiger partial charge in [-0.15, -0.1) is 0 Å². The van der Waals surface area contributed by atoms with Gasteiger partial charge in [0.05, 0.1) is 20.3 Å². The number of carbonyl (C=O) groups is 1. The highest BCUT2D eigenvalue weighted by atomic mass is 28.3. The first-order valence-corrected chi connectivity index (χ1v) is 12.5. The van der Waals surface area contributed by atoms with E-state index in [1.165, 1.54) is 0 Å². The quantitative estimate of drug-likeness (QED) is 0.732. The molecule has 1 fully saturated rings. The first-order valence-electron chi connectivity index (χ1n) is 9.05. The van der Waals surface area contributed by atoms with Gasteiger partial charge in [0, 0.05) is 25.2 Å². The fourth-order valence-electron chi connectivity index (χ4n) is 3.38. The van der Waals surface area contributed by atoms with Crippen molar-refractivity contribution in [1.82, 2.24) is 0 Å². The lowest BCUT2D eigenvalue weighted by molar-refractivity contribution is 0.201. The molecule has 0 atom stereocenters. The van der Waals surface area contributed by atoms with Crippen LogP contribution in [0.5, 0.6) is 0 Å². The lowest BCUT2D eigenvalue weighted by atomic mass is 10.1. The number of hydrogen-bond donors (Lipinski definition) is 1. The second-order valence-corrected chi connectivity index (χ2v) is 13.1. The van der Waals surface area contributed by atoms with Gasteiger partial charge in [0.15, 0.2) is 11.6 Å². The lowest BCUT2D eigenvalue weighted by Gasteiger charge is -2.37. The van der Waals surface area contributed by atoms with E-state index in [-0.39, 0.29) is 17.9 Å². The molecule has 1 aliphatic rings. The average Bonchev–Trinajstić information content (AvgIpc) is 2.61. The van der Waals surface area contributed by atoms with Crippen molar-refractivity contribution in [2.45, 2.75) is 31.7 Å². The van der Waals surface area contributed by atoms with Crippen LogP contribution in [0.4, 0.5) is 25.0 Å². The van der Waals surface area contributed by atoms with E-state index in [2.05, 4.69) is 13.1 Å². The van der Waals surface area contributed by atoms with Gasteiger partial charge in [-0.2, -0.15) is 0 Å². The second-order valence-electron chi connectivity index (χ2n) is 7.76. The zero-order chi connectivity index (χ0) is 19.6. The van der Waals surface area contributed by atoms with Crippen molar-refractivity contribution in [1.29, 1.82) is 0 Å². The van der Waals surface area contributed by atoms with Gasteiger partial charge in [0.25, 0.3) is 0 Å². The molecule has 27 heavy (non-hydrogen) atoms. The van der Waals surface area contributed by atoms with E-state index >= 15 is 0 Å². The van der Waals surface area contributed by atoms with Crippen LogP contribution in [-0.4, -0.2) is 32.4 Å². The smallest absolute Gasteiger partial charge is 0.412 e. The van der Waals surface area contributed by atoms with Gasteiger partial charge >= 0.3 is 6.09 Å². The zero-order valence-electron chi connectivity index (χ0n) is 15.6. The molecule has 1 saturated heterocycles. The third kappa shape index (κ3) is 4.47. The van der Waals surface area contributed by atoms with Gasteiger partial charge in [0.2, 0.25) is 0 Å². The van der Waals surface area contributed by atoms with E-state index in [4.69, 9.17) is 0 Å². The summed E-state index contributed by atoms with van der Waals surface area (Å²) in [4.78, 5) is 14.4. The first kappa shape index (κ1) is 19.4. The molecule has 0 unspecified atom stereocenters.